The molecule has 0 unspecified atom stereocenters. The number of hydrogen-bond donors (Lipinski definition) is 1. The number of nitrogens with two attached hydrogens (primary N) is 1. The van der Waals surface area contributed by atoms with E-state index in [2.05, 4.69) is 21.6 Å². The molecule has 0 aromatic carbocycles. The van der Waals surface area contributed by atoms with E-state index >= 15 is 0 Å². The minimum Gasteiger partial charge on any atom is -0.385 e. The topological polar surface area (TPSA) is 70.9 Å². The van der Waals surface area contributed by atoms with Gasteiger partial charge in [0.1, 0.15) is 5.52 Å². The lowest BCUT2D eigenvalue weighted by Crippen LogP contribution is -2.08. The molecule has 2 N–H and O–H groups in total. The first-order chi connectivity index (χ1) is 9.19. The van der Waals surface area contributed by atoms with Crippen LogP contribution in [0.1, 0.15) is 31.9 Å². The van der Waals surface area contributed by atoms with Gasteiger partial charge in [-0.3, -0.25) is 4.57 Å². The second-order valence-electron chi connectivity index (χ2n) is 4.75. The molecule has 2 aromatic rings. The number of aryl methyl sites for hydroxylation is 3. The number of nitrogens with zero attached hydrogens (tertiary/aromatic N) is 4. The third-order valence-electron chi connectivity index (χ3n) is 3.36. The molecule has 0 aliphatic rings. The van der Waals surface area contributed by atoms with Crippen LogP contribution in [0.15, 0.2) is 0 Å². The molecule has 0 saturated carbocycles. The Labute approximate surface area is 113 Å². The van der Waals surface area contributed by atoms with E-state index in [0.717, 1.165) is 55.8 Å². The molecule has 2 heterocycles. The lowest BCUT2D eigenvalue weighted by molar-refractivity contribution is 0.191. The number of aromatic nitrogens is 4. The Morgan fingerprint density at radius 3 is 2.74 bits per heavy atom. The van der Waals surface area contributed by atoms with Gasteiger partial charge in [-0.15, -0.1) is 0 Å². The number of anilines is 1. The largest absolute Gasteiger partial charge is 0.385 e. The molecule has 0 radical (unpaired) electrons. The molecule has 0 amide bonds. The first-order valence-corrected chi connectivity index (χ1v) is 6.87. The molecule has 0 spiro atoms. The van der Waals surface area contributed by atoms with Gasteiger partial charge in [0.25, 0.3) is 0 Å². The van der Waals surface area contributed by atoms with E-state index in [1.54, 1.807) is 7.11 Å². The zero-order valence-corrected chi connectivity index (χ0v) is 12.0. The number of nitrogen functional groups attached to an aromatic ring is 1. The van der Waals surface area contributed by atoms with Crippen LogP contribution in [0.5, 0.6) is 0 Å². The van der Waals surface area contributed by atoms with Crippen LogP contribution >= 0.6 is 0 Å². The lowest BCUT2D eigenvalue weighted by atomic mass is 10.2. The molecule has 19 heavy (non-hydrogen) atoms. The van der Waals surface area contributed by atoms with Gasteiger partial charge in [0.05, 0.1) is 5.69 Å². The molecule has 0 atom stereocenters. The Morgan fingerprint density at radius 2 is 2.05 bits per heavy atom. The molecule has 0 fully saturated rings. The smallest absolute Gasteiger partial charge is 0.202 e. The van der Waals surface area contributed by atoms with Crippen molar-refractivity contribution in [2.45, 2.75) is 46.2 Å². The molecule has 2 aromatic heterocycles. The van der Waals surface area contributed by atoms with Crippen LogP contribution < -0.4 is 5.73 Å². The number of rotatable bonds is 7. The Hall–Kier alpha value is -1.56. The maximum absolute atomic E-state index is 6.02. The fourth-order valence-electron chi connectivity index (χ4n) is 2.38. The summed E-state index contributed by atoms with van der Waals surface area (Å²) in [5, 5.41) is 4.49. The van der Waals surface area contributed by atoms with Gasteiger partial charge in [-0.2, -0.15) is 5.10 Å². The van der Waals surface area contributed by atoms with E-state index in [9.17, 15) is 0 Å². The highest BCUT2D eigenvalue weighted by Crippen LogP contribution is 2.21. The van der Waals surface area contributed by atoms with Crippen LogP contribution in [0.2, 0.25) is 0 Å². The van der Waals surface area contributed by atoms with E-state index in [1.807, 2.05) is 11.6 Å². The monoisotopic (exact) mass is 265 g/mol. The summed E-state index contributed by atoms with van der Waals surface area (Å²) in [6.07, 6.45) is 3.29. The van der Waals surface area contributed by atoms with E-state index in [-0.39, 0.29) is 0 Å². The zero-order valence-electron chi connectivity index (χ0n) is 12.0. The average molecular weight is 265 g/mol. The first-order valence-electron chi connectivity index (χ1n) is 6.87. The zero-order chi connectivity index (χ0) is 13.8. The maximum Gasteiger partial charge on any atom is 0.202 e. The molecule has 0 aliphatic carbocycles. The van der Waals surface area contributed by atoms with Crippen molar-refractivity contribution in [3.05, 3.63) is 5.69 Å². The molecule has 0 bridgehead atoms. The van der Waals surface area contributed by atoms with Gasteiger partial charge >= 0.3 is 0 Å². The normalized spacial score (nSPS) is 11.5. The van der Waals surface area contributed by atoms with Crippen LogP contribution in [0.3, 0.4) is 0 Å². The molecular formula is C13H23N5O. The predicted octanol–water partition coefficient (Wildman–Crippen LogP) is 1.96. The van der Waals surface area contributed by atoms with Crippen LogP contribution in [0.4, 0.5) is 5.95 Å². The number of methoxy groups -OCH3 is 1. The van der Waals surface area contributed by atoms with Crippen molar-refractivity contribution in [2.24, 2.45) is 0 Å². The fourth-order valence-corrected chi connectivity index (χ4v) is 2.38. The quantitative estimate of drug-likeness (QED) is 0.777. The van der Waals surface area contributed by atoms with Crippen molar-refractivity contribution in [1.82, 2.24) is 19.3 Å². The van der Waals surface area contributed by atoms with Crippen LogP contribution in [0.25, 0.3) is 11.2 Å². The molecule has 0 aliphatic heterocycles. The second kappa shape index (κ2) is 6.06. The first kappa shape index (κ1) is 13.9. The van der Waals surface area contributed by atoms with Crippen molar-refractivity contribution in [3.8, 4) is 0 Å². The van der Waals surface area contributed by atoms with E-state index < -0.39 is 0 Å². The molecule has 6 nitrogen and oxygen atoms in total. The van der Waals surface area contributed by atoms with E-state index in [0.29, 0.717) is 5.95 Å². The van der Waals surface area contributed by atoms with Gasteiger partial charge in [0, 0.05) is 26.8 Å². The van der Waals surface area contributed by atoms with Gasteiger partial charge in [-0.25, -0.2) is 9.67 Å². The van der Waals surface area contributed by atoms with Crippen molar-refractivity contribution >= 4 is 17.1 Å². The Bertz CT molecular complexity index is 543. The number of unbranched alkanes of at least 4 members (excludes halogenated alkanes) is 2. The Morgan fingerprint density at radius 1 is 1.26 bits per heavy atom. The SMILES string of the molecule is CCn1nc(C)c2nc(N)n(CCCCCOC)c21. The number of fused-ring (bicyclic) bond motifs is 1. The van der Waals surface area contributed by atoms with Crippen LogP contribution in [-0.2, 0) is 17.8 Å². The van der Waals surface area contributed by atoms with Gasteiger partial charge in [0.2, 0.25) is 5.95 Å². The summed E-state index contributed by atoms with van der Waals surface area (Å²) < 4.78 is 9.11. The number of imidazole rings is 1. The second-order valence-corrected chi connectivity index (χ2v) is 4.75. The maximum atomic E-state index is 6.02. The Kier molecular flexibility index (Phi) is 4.42. The summed E-state index contributed by atoms with van der Waals surface area (Å²) in [5.41, 5.74) is 8.94. The molecular weight excluding hydrogens is 242 g/mol. The summed E-state index contributed by atoms with van der Waals surface area (Å²) >= 11 is 0. The van der Waals surface area contributed by atoms with Gasteiger partial charge in [-0.05, 0) is 33.1 Å². The lowest BCUT2D eigenvalue weighted by Gasteiger charge is -2.07. The van der Waals surface area contributed by atoms with Crippen LogP contribution in [-0.4, -0.2) is 33.0 Å². The summed E-state index contributed by atoms with van der Waals surface area (Å²) in [6.45, 7) is 6.60. The fraction of sp³-hybridized carbons (Fsp3) is 0.692. The summed E-state index contributed by atoms with van der Waals surface area (Å²) in [6, 6.07) is 0. The highest BCUT2D eigenvalue weighted by atomic mass is 16.5. The summed E-state index contributed by atoms with van der Waals surface area (Å²) in [4.78, 5) is 4.43. The van der Waals surface area contributed by atoms with Crippen LogP contribution in [0, 0.1) is 6.92 Å². The van der Waals surface area contributed by atoms with Crippen molar-refractivity contribution < 1.29 is 4.74 Å². The summed E-state index contributed by atoms with van der Waals surface area (Å²) in [7, 11) is 1.74. The molecule has 0 saturated heterocycles. The minimum atomic E-state index is 0.587. The third kappa shape index (κ3) is 2.73. The predicted molar refractivity (Wildman–Crippen MR) is 76.1 cm³/mol. The van der Waals surface area contributed by atoms with E-state index in [1.165, 1.54) is 0 Å². The standard InChI is InChI=1S/C13H23N5O/c1-4-18-12-11(10(2)16-18)15-13(14)17(12)8-6-5-7-9-19-3/h4-9H2,1-3H3,(H2,14,15). The molecule has 106 valence electrons. The van der Waals surface area contributed by atoms with Crippen molar-refractivity contribution in [2.75, 3.05) is 19.5 Å². The third-order valence-corrected chi connectivity index (χ3v) is 3.36. The van der Waals surface area contributed by atoms with Gasteiger partial charge in [0.15, 0.2) is 5.65 Å². The van der Waals surface area contributed by atoms with Gasteiger partial charge in [-0.1, -0.05) is 0 Å². The van der Waals surface area contributed by atoms with Gasteiger partial charge < -0.3 is 10.5 Å². The van der Waals surface area contributed by atoms with E-state index in [4.69, 9.17) is 10.5 Å². The number of hydrogen-bond acceptors (Lipinski definition) is 4. The van der Waals surface area contributed by atoms with Crippen molar-refractivity contribution in [3.63, 3.8) is 0 Å². The van der Waals surface area contributed by atoms with Crippen molar-refractivity contribution in [1.29, 1.82) is 0 Å². The minimum absolute atomic E-state index is 0.587. The Balaban J connectivity index is 2.15. The number of ether oxygens (including phenoxy) is 1. The molecule has 2 rings (SSSR count). The molecule has 6 heteroatoms. The summed E-state index contributed by atoms with van der Waals surface area (Å²) in [5.74, 6) is 0.587. The highest BCUT2D eigenvalue weighted by Gasteiger charge is 2.15. The average Bonchev–Trinajstić information content (AvgIpc) is 2.88. The highest BCUT2D eigenvalue weighted by molar-refractivity contribution is 5.77.